The van der Waals surface area contributed by atoms with E-state index in [1.165, 1.54) is 76.1 Å². The smallest absolute Gasteiger partial charge is 0.121 e. The maximum absolute atomic E-state index is 6.52. The molecule has 4 atom stereocenters. The minimum atomic E-state index is 0.0706. The van der Waals surface area contributed by atoms with Crippen LogP contribution in [-0.4, -0.2) is 24.4 Å². The van der Waals surface area contributed by atoms with Gasteiger partial charge in [0.2, 0.25) is 0 Å². The van der Waals surface area contributed by atoms with Crippen LogP contribution in [0.1, 0.15) is 81.1 Å². The number of hydrogen-bond donors (Lipinski definition) is 0. The Balaban J connectivity index is 1.12. The molecule has 0 saturated heterocycles. The first kappa shape index (κ1) is 54.0. The molecular formula is C78H72N2O4. The van der Waals surface area contributed by atoms with Crippen molar-refractivity contribution >= 4 is 98.8 Å². The summed E-state index contributed by atoms with van der Waals surface area (Å²) in [5.41, 5.74) is 11.0. The van der Waals surface area contributed by atoms with Gasteiger partial charge in [0.15, 0.2) is 0 Å². The van der Waals surface area contributed by atoms with Crippen molar-refractivity contribution in [2.75, 3.05) is 9.80 Å². The van der Waals surface area contributed by atoms with Crippen molar-refractivity contribution in [2.45, 2.75) is 105 Å². The first-order valence-electron chi connectivity index (χ1n) is 30.3. The predicted molar refractivity (Wildman–Crippen MR) is 356 cm³/mol. The highest BCUT2D eigenvalue weighted by molar-refractivity contribution is 6.47. The number of anilines is 6. The second kappa shape index (κ2) is 22.8. The molecule has 84 heavy (non-hydrogen) atoms. The van der Waals surface area contributed by atoms with Crippen LogP contribution >= 0.6 is 0 Å². The zero-order valence-corrected chi connectivity index (χ0v) is 49.4. The summed E-state index contributed by atoms with van der Waals surface area (Å²) < 4.78 is 26.1. The first-order valence-corrected chi connectivity index (χ1v) is 30.3. The molecule has 4 unspecified atom stereocenters. The van der Waals surface area contributed by atoms with Crippen LogP contribution in [0.2, 0.25) is 0 Å². The normalized spacial score (nSPS) is 13.2. The Morgan fingerprint density at radius 1 is 0.274 bits per heavy atom. The van der Waals surface area contributed by atoms with Gasteiger partial charge < -0.3 is 28.7 Å². The van der Waals surface area contributed by atoms with Gasteiger partial charge in [-0.1, -0.05) is 161 Å². The van der Waals surface area contributed by atoms with Gasteiger partial charge in [-0.15, -0.1) is 0 Å². The average Bonchev–Trinajstić information content (AvgIpc) is 1.73. The monoisotopic (exact) mass is 1100 g/mol. The lowest BCUT2D eigenvalue weighted by Crippen LogP contribution is -2.13. The second-order valence-corrected chi connectivity index (χ2v) is 22.7. The van der Waals surface area contributed by atoms with Gasteiger partial charge >= 0.3 is 0 Å². The summed E-state index contributed by atoms with van der Waals surface area (Å²) in [4.78, 5) is 4.77. The summed E-state index contributed by atoms with van der Waals surface area (Å²) in [6.07, 6.45) is 3.92. The van der Waals surface area contributed by atoms with E-state index >= 15 is 0 Å². The van der Waals surface area contributed by atoms with Gasteiger partial charge in [-0.3, -0.25) is 0 Å². The molecule has 0 saturated carbocycles. The second-order valence-electron chi connectivity index (χ2n) is 22.7. The first-order chi connectivity index (χ1) is 41.1. The molecule has 6 nitrogen and oxygen atoms in total. The standard InChI is InChI=1S/C78H72N2O4/c1-9-49(5)81-59-33-19-29-55(45-59)79(56-30-20-34-60(46-56)82-50(6)10-2)69-43-41-67-73-63(69)37-23-39-65(73)75-71(53-25-15-13-16-26-53)76-66-40-24-38-64-70(44-42-68(74(64)66)78(76)72(77(67)75)54-27-17-14-18-28-54)80(57-31-21-35-61(47-57)83-51(7)11-3)58-32-22-36-62(48-58)84-52(8)12-4/h13-52H,9-12H2,1-8H3. The Morgan fingerprint density at radius 2 is 0.548 bits per heavy atom. The number of nitrogens with zero attached hydrogens (tertiary/aromatic N) is 2. The topological polar surface area (TPSA) is 43.4 Å². The molecule has 0 aromatic heterocycles. The highest BCUT2D eigenvalue weighted by Gasteiger charge is 2.30. The zero-order chi connectivity index (χ0) is 57.6. The van der Waals surface area contributed by atoms with Gasteiger partial charge in [0, 0.05) is 57.8 Å². The third-order valence-corrected chi connectivity index (χ3v) is 17.2. The van der Waals surface area contributed by atoms with Gasteiger partial charge in [-0.05, 0) is 190 Å². The fourth-order valence-corrected chi connectivity index (χ4v) is 12.5. The van der Waals surface area contributed by atoms with Gasteiger partial charge in [0.1, 0.15) is 23.0 Å². The fourth-order valence-electron chi connectivity index (χ4n) is 12.5. The predicted octanol–water partition coefficient (Wildman–Crippen LogP) is 22.5. The van der Waals surface area contributed by atoms with E-state index in [1.807, 2.05) is 0 Å². The van der Waals surface area contributed by atoms with Crippen LogP contribution in [0.4, 0.5) is 34.1 Å². The van der Waals surface area contributed by atoms with E-state index in [0.29, 0.717) is 0 Å². The van der Waals surface area contributed by atoms with E-state index in [1.54, 1.807) is 0 Å². The SMILES string of the molecule is CCC(C)Oc1cccc(N(c2cccc(OC(C)CC)c2)c2ccc3c4c(-c5ccccc5)c5c6ccc(N(c7cccc(OC(C)CC)c7)c7cccc(OC(C)CC)c7)c7cccc(c5c(-c5ccccc5)c4c4cccc2c43)c76)c1. The van der Waals surface area contributed by atoms with Crippen LogP contribution in [-0.2, 0) is 0 Å². The highest BCUT2D eigenvalue weighted by Crippen LogP contribution is 2.58. The molecule has 0 aliphatic carbocycles. The van der Waals surface area contributed by atoms with E-state index in [2.05, 4.69) is 284 Å². The van der Waals surface area contributed by atoms with Crippen molar-refractivity contribution in [1.82, 2.24) is 0 Å². The molecule has 13 aromatic carbocycles. The van der Waals surface area contributed by atoms with Crippen molar-refractivity contribution < 1.29 is 18.9 Å². The molecule has 0 N–H and O–H groups in total. The fraction of sp³-hybridized carbons (Fsp3) is 0.205. The number of fused-ring (bicyclic) bond motifs is 6. The Kier molecular flexibility index (Phi) is 14.7. The molecule has 0 amide bonds. The zero-order valence-electron chi connectivity index (χ0n) is 49.4. The average molecular weight is 1100 g/mol. The van der Waals surface area contributed by atoms with Crippen LogP contribution in [0.3, 0.4) is 0 Å². The largest absolute Gasteiger partial charge is 0.491 e. The minimum Gasteiger partial charge on any atom is -0.491 e. The molecule has 0 bridgehead atoms. The summed E-state index contributed by atoms with van der Waals surface area (Å²) in [6.45, 7) is 17.2. The number of rotatable bonds is 20. The molecule has 0 radical (unpaired) electrons. The Labute approximate surface area is 494 Å². The van der Waals surface area contributed by atoms with Crippen molar-refractivity contribution in [3.63, 3.8) is 0 Å². The third kappa shape index (κ3) is 9.67. The third-order valence-electron chi connectivity index (χ3n) is 17.2. The van der Waals surface area contributed by atoms with Crippen LogP contribution in [0, 0.1) is 0 Å². The van der Waals surface area contributed by atoms with E-state index in [0.717, 1.165) is 93.6 Å². The maximum Gasteiger partial charge on any atom is 0.121 e. The van der Waals surface area contributed by atoms with Crippen molar-refractivity contribution in [2.24, 2.45) is 0 Å². The lowest BCUT2D eigenvalue weighted by atomic mass is 9.87. The number of hydrogen-bond acceptors (Lipinski definition) is 6. The molecule has 6 heteroatoms. The van der Waals surface area contributed by atoms with E-state index < -0.39 is 0 Å². The molecule has 418 valence electrons. The van der Waals surface area contributed by atoms with Crippen molar-refractivity contribution in [3.8, 4) is 45.3 Å². The van der Waals surface area contributed by atoms with Crippen LogP contribution in [0.5, 0.6) is 23.0 Å². The number of benzene rings is 11. The highest BCUT2D eigenvalue weighted by atomic mass is 16.5. The quantitative estimate of drug-likeness (QED) is 0.0758. The summed E-state index contributed by atoms with van der Waals surface area (Å²) in [5.74, 6) is 3.35. The summed E-state index contributed by atoms with van der Waals surface area (Å²) in [6, 6.07) is 79.7. The molecule has 0 heterocycles. The van der Waals surface area contributed by atoms with Crippen molar-refractivity contribution in [1.29, 1.82) is 0 Å². The lowest BCUT2D eigenvalue weighted by Gasteiger charge is -2.28. The van der Waals surface area contributed by atoms with E-state index in [4.69, 9.17) is 18.9 Å². The number of ether oxygens (including phenoxy) is 4. The molecule has 0 aliphatic heterocycles. The molecule has 0 aliphatic rings. The lowest BCUT2D eigenvalue weighted by molar-refractivity contribution is 0.217. The molecule has 0 spiro atoms. The van der Waals surface area contributed by atoms with Crippen LogP contribution in [0.25, 0.3) is 86.9 Å². The van der Waals surface area contributed by atoms with Gasteiger partial charge in [-0.2, -0.15) is 0 Å². The van der Waals surface area contributed by atoms with Crippen LogP contribution < -0.4 is 28.7 Å². The van der Waals surface area contributed by atoms with Gasteiger partial charge in [-0.25, -0.2) is 0 Å². The molecule has 13 aromatic rings. The van der Waals surface area contributed by atoms with Gasteiger partial charge in [0.05, 0.1) is 35.8 Å². The Morgan fingerprint density at radius 3 is 0.845 bits per heavy atom. The maximum atomic E-state index is 6.52. The molecule has 0 fully saturated rings. The summed E-state index contributed by atoms with van der Waals surface area (Å²) in [5, 5.41) is 14.6. The van der Waals surface area contributed by atoms with E-state index in [-0.39, 0.29) is 24.4 Å². The van der Waals surface area contributed by atoms with Crippen LogP contribution in [0.15, 0.2) is 218 Å². The van der Waals surface area contributed by atoms with Gasteiger partial charge in [0.25, 0.3) is 0 Å². The summed E-state index contributed by atoms with van der Waals surface area (Å²) in [7, 11) is 0. The summed E-state index contributed by atoms with van der Waals surface area (Å²) >= 11 is 0. The van der Waals surface area contributed by atoms with Crippen molar-refractivity contribution in [3.05, 3.63) is 218 Å². The Hall–Kier alpha value is -9.26. The van der Waals surface area contributed by atoms with E-state index in [9.17, 15) is 0 Å². The minimum absolute atomic E-state index is 0.0706. The molecule has 13 rings (SSSR count). The molecular weight excluding hydrogens is 1030 g/mol. The Bertz CT molecular complexity index is 4030.